The van der Waals surface area contributed by atoms with Gasteiger partial charge in [0, 0.05) is 11.6 Å². The normalized spacial score (nSPS) is 16.7. The molecule has 2 aliphatic heterocycles. The van der Waals surface area contributed by atoms with E-state index in [4.69, 9.17) is 11.6 Å². The topological polar surface area (TPSA) is 49.6 Å². The van der Waals surface area contributed by atoms with Gasteiger partial charge >= 0.3 is 0 Å². The van der Waals surface area contributed by atoms with Gasteiger partial charge in [0.25, 0.3) is 5.91 Å². The van der Waals surface area contributed by atoms with Crippen molar-refractivity contribution in [3.8, 4) is 0 Å². The number of amides is 1. The van der Waals surface area contributed by atoms with Crippen molar-refractivity contribution in [3.05, 3.63) is 69.8 Å². The summed E-state index contributed by atoms with van der Waals surface area (Å²) in [5.41, 5.74) is 3.13. The van der Waals surface area contributed by atoms with E-state index < -0.39 is 0 Å². The number of halogens is 1. The number of imidazole rings is 1. The lowest BCUT2D eigenvalue weighted by atomic mass is 9.93. The standard InChI is InChI=1S/C26H29ClN4OS/c27-22-7-2-1-5-20(22)6-4-14-30-15-11-19(12-16-30)10-13-28-26(32)23-17-21-18-29-24-8-3-9-25(33-23)31(21)24/h1-3,5,7-9,17-19H,4,6,10-16H2,(H,28,32). The largest absolute Gasteiger partial charge is 0.352 e. The molecular formula is C26H29ClN4OS. The number of benzene rings is 1. The Hall–Kier alpha value is -2.28. The highest BCUT2D eigenvalue weighted by atomic mass is 35.5. The van der Waals surface area contributed by atoms with Crippen molar-refractivity contribution in [1.29, 1.82) is 0 Å². The van der Waals surface area contributed by atoms with Crippen LogP contribution in [0.4, 0.5) is 0 Å². The third-order valence-electron chi connectivity index (χ3n) is 6.66. The molecule has 7 heteroatoms. The first-order valence-corrected chi connectivity index (χ1v) is 13.0. The molecule has 0 atom stereocenters. The second kappa shape index (κ2) is 10.3. The Morgan fingerprint density at radius 3 is 2.85 bits per heavy atom. The van der Waals surface area contributed by atoms with Gasteiger partial charge in [-0.25, -0.2) is 4.98 Å². The Kier molecular flexibility index (Phi) is 7.04. The number of pyridine rings is 1. The monoisotopic (exact) mass is 480 g/mol. The average molecular weight is 481 g/mol. The van der Waals surface area contributed by atoms with Crippen LogP contribution < -0.4 is 5.32 Å². The predicted molar refractivity (Wildman–Crippen MR) is 136 cm³/mol. The number of hydrogen-bond acceptors (Lipinski definition) is 4. The van der Waals surface area contributed by atoms with Crippen LogP contribution >= 0.6 is 23.4 Å². The van der Waals surface area contributed by atoms with Gasteiger partial charge in [-0.15, -0.1) is 0 Å². The summed E-state index contributed by atoms with van der Waals surface area (Å²) in [5, 5.41) is 5.05. The third-order valence-corrected chi connectivity index (χ3v) is 8.08. The number of hydrogen-bond donors (Lipinski definition) is 1. The second-order valence-corrected chi connectivity index (χ2v) is 10.3. The molecule has 0 spiro atoms. The molecule has 2 aromatic heterocycles. The molecule has 1 N–H and O–H groups in total. The molecule has 1 aromatic carbocycles. The lowest BCUT2D eigenvalue weighted by Gasteiger charge is -2.32. The lowest BCUT2D eigenvalue weighted by molar-refractivity contribution is -0.116. The number of thioether (sulfide) groups is 1. The Bertz CT molecular complexity index is 1170. The van der Waals surface area contributed by atoms with Crippen LogP contribution in [0.5, 0.6) is 0 Å². The fourth-order valence-corrected chi connectivity index (χ4v) is 6.01. The summed E-state index contributed by atoms with van der Waals surface area (Å²) in [6.07, 6.45) is 9.41. The summed E-state index contributed by atoms with van der Waals surface area (Å²) in [6, 6.07) is 14.1. The van der Waals surface area contributed by atoms with Crippen LogP contribution in [-0.4, -0.2) is 46.4 Å². The number of nitrogens with zero attached hydrogens (tertiary/aromatic N) is 3. The number of carbonyl (C=O) groups excluding carboxylic acids is 1. The number of likely N-dealkylation sites (tertiary alicyclic amines) is 1. The predicted octanol–water partition coefficient (Wildman–Crippen LogP) is 5.29. The molecular weight excluding hydrogens is 452 g/mol. The highest BCUT2D eigenvalue weighted by molar-refractivity contribution is 8.04. The summed E-state index contributed by atoms with van der Waals surface area (Å²) < 4.78 is 2.09. The van der Waals surface area contributed by atoms with E-state index in [2.05, 4.69) is 31.7 Å². The molecule has 1 saturated heterocycles. The fourth-order valence-electron chi connectivity index (χ4n) is 4.77. The molecule has 172 valence electrons. The van der Waals surface area contributed by atoms with Gasteiger partial charge in [0.15, 0.2) is 0 Å². The summed E-state index contributed by atoms with van der Waals surface area (Å²) in [7, 11) is 0. The molecule has 0 aliphatic carbocycles. The number of aryl methyl sites for hydroxylation is 1. The number of piperidine rings is 1. The molecule has 1 fully saturated rings. The zero-order valence-electron chi connectivity index (χ0n) is 18.7. The molecule has 3 aromatic rings. The van der Waals surface area contributed by atoms with Gasteiger partial charge in [-0.05, 0) is 87.5 Å². The van der Waals surface area contributed by atoms with Crippen LogP contribution in [0.3, 0.4) is 0 Å². The van der Waals surface area contributed by atoms with Crippen LogP contribution in [0.15, 0.2) is 58.6 Å². The van der Waals surface area contributed by atoms with Gasteiger partial charge in [0.05, 0.1) is 21.8 Å². The maximum atomic E-state index is 12.8. The zero-order chi connectivity index (χ0) is 22.6. The number of rotatable bonds is 8. The van der Waals surface area contributed by atoms with E-state index in [1.165, 1.54) is 30.2 Å². The first-order chi connectivity index (χ1) is 16.2. The Labute approximate surface area is 204 Å². The third kappa shape index (κ3) is 5.29. The van der Waals surface area contributed by atoms with Gasteiger partial charge < -0.3 is 10.2 Å². The maximum Gasteiger partial charge on any atom is 0.258 e. The Balaban J connectivity index is 1.02. The quantitative estimate of drug-likeness (QED) is 0.476. The first-order valence-electron chi connectivity index (χ1n) is 11.8. The van der Waals surface area contributed by atoms with Crippen molar-refractivity contribution in [3.63, 3.8) is 0 Å². The van der Waals surface area contributed by atoms with Crippen molar-refractivity contribution in [1.82, 2.24) is 19.6 Å². The Morgan fingerprint density at radius 1 is 1.15 bits per heavy atom. The highest BCUT2D eigenvalue weighted by Crippen LogP contribution is 2.34. The molecule has 0 bridgehead atoms. The van der Waals surface area contributed by atoms with E-state index >= 15 is 0 Å². The second-order valence-electron chi connectivity index (χ2n) is 8.88. The number of aromatic nitrogens is 2. The van der Waals surface area contributed by atoms with E-state index in [1.807, 2.05) is 42.6 Å². The minimum absolute atomic E-state index is 0.0152. The van der Waals surface area contributed by atoms with Gasteiger partial charge in [0.2, 0.25) is 0 Å². The molecule has 0 saturated carbocycles. The molecule has 2 aliphatic rings. The summed E-state index contributed by atoms with van der Waals surface area (Å²) in [5.74, 6) is 0.703. The highest BCUT2D eigenvalue weighted by Gasteiger charge is 2.21. The molecule has 0 radical (unpaired) electrons. The van der Waals surface area contributed by atoms with Crippen LogP contribution in [0.1, 0.15) is 36.9 Å². The molecule has 33 heavy (non-hydrogen) atoms. The molecule has 5 nitrogen and oxygen atoms in total. The maximum absolute atomic E-state index is 12.8. The van der Waals surface area contributed by atoms with Crippen LogP contribution in [-0.2, 0) is 11.2 Å². The van der Waals surface area contributed by atoms with Gasteiger partial charge in [0.1, 0.15) is 5.65 Å². The van der Waals surface area contributed by atoms with E-state index in [9.17, 15) is 4.79 Å². The van der Waals surface area contributed by atoms with Crippen LogP contribution in [0, 0.1) is 5.92 Å². The lowest BCUT2D eigenvalue weighted by Crippen LogP contribution is -2.36. The average Bonchev–Trinajstić information content (AvgIpc) is 3.26. The van der Waals surface area contributed by atoms with Gasteiger partial charge in [-0.2, -0.15) is 0 Å². The minimum Gasteiger partial charge on any atom is -0.352 e. The summed E-state index contributed by atoms with van der Waals surface area (Å²) in [6.45, 7) is 4.16. The summed E-state index contributed by atoms with van der Waals surface area (Å²) >= 11 is 7.78. The number of carbonyl (C=O) groups is 1. The van der Waals surface area contributed by atoms with Crippen molar-refractivity contribution >= 4 is 41.0 Å². The molecule has 1 amide bonds. The molecule has 5 rings (SSSR count). The van der Waals surface area contributed by atoms with Crippen LogP contribution in [0.25, 0.3) is 11.7 Å². The SMILES string of the molecule is O=C(NCCC1CCN(CCCc2ccccc2Cl)CC1)C1=Cc2cnc3cccc(n23)S1. The van der Waals surface area contributed by atoms with E-state index in [0.29, 0.717) is 5.92 Å². The fraction of sp³-hybridized carbons (Fsp3) is 0.385. The molecule has 0 unspecified atom stereocenters. The minimum atomic E-state index is 0.0152. The first kappa shape index (κ1) is 22.5. The number of nitrogens with one attached hydrogen (secondary N) is 1. The van der Waals surface area contributed by atoms with Crippen molar-refractivity contribution in [2.75, 3.05) is 26.2 Å². The Morgan fingerprint density at radius 2 is 2.00 bits per heavy atom. The van der Waals surface area contributed by atoms with E-state index in [1.54, 1.807) is 0 Å². The van der Waals surface area contributed by atoms with Gasteiger partial charge in [-0.1, -0.05) is 47.6 Å². The van der Waals surface area contributed by atoms with Crippen LogP contribution in [0.2, 0.25) is 5.02 Å². The zero-order valence-corrected chi connectivity index (χ0v) is 20.2. The smallest absolute Gasteiger partial charge is 0.258 e. The van der Waals surface area contributed by atoms with Crippen molar-refractivity contribution in [2.45, 2.75) is 37.1 Å². The summed E-state index contributed by atoms with van der Waals surface area (Å²) in [4.78, 5) is 20.5. The van der Waals surface area contributed by atoms with Crippen molar-refractivity contribution in [2.24, 2.45) is 5.92 Å². The van der Waals surface area contributed by atoms with Gasteiger partial charge in [-0.3, -0.25) is 9.20 Å². The molecule has 4 heterocycles. The van der Waals surface area contributed by atoms with E-state index in [0.717, 1.165) is 71.7 Å². The van der Waals surface area contributed by atoms with E-state index in [-0.39, 0.29) is 5.91 Å². The van der Waals surface area contributed by atoms with Crippen molar-refractivity contribution < 1.29 is 4.79 Å².